The number of anilines is 2. The van der Waals surface area contributed by atoms with Gasteiger partial charge in [0, 0.05) is 22.7 Å². The Kier molecular flexibility index (Phi) is 5.64. The first-order valence-corrected chi connectivity index (χ1v) is 10.3. The highest BCUT2D eigenvalue weighted by Gasteiger charge is 2.42. The van der Waals surface area contributed by atoms with E-state index in [4.69, 9.17) is 14.2 Å². The van der Waals surface area contributed by atoms with Crippen molar-refractivity contribution in [3.05, 3.63) is 70.6 Å². The summed E-state index contributed by atoms with van der Waals surface area (Å²) in [4.78, 5) is 28.8. The molecule has 1 aliphatic heterocycles. The molecule has 0 atom stereocenters. The normalized spacial score (nSPS) is 13.6. The largest absolute Gasteiger partial charge is 0.497 e. The Morgan fingerprint density at radius 3 is 2.29 bits per heavy atom. The van der Waals surface area contributed by atoms with Crippen molar-refractivity contribution in [1.29, 1.82) is 0 Å². The van der Waals surface area contributed by atoms with E-state index in [0.717, 1.165) is 4.90 Å². The van der Waals surface area contributed by atoms with Crippen LogP contribution in [0, 0.1) is 0 Å². The average molecular weight is 436 g/mol. The number of amides is 2. The molecule has 3 aromatic rings. The number of hydrogen-bond donors (Lipinski definition) is 1. The van der Waals surface area contributed by atoms with E-state index in [1.807, 2.05) is 17.5 Å². The summed E-state index contributed by atoms with van der Waals surface area (Å²) in [5.41, 5.74) is 1.47. The minimum atomic E-state index is -0.473. The molecule has 7 nitrogen and oxygen atoms in total. The molecule has 0 fully saturated rings. The molecule has 0 aliphatic carbocycles. The highest BCUT2D eigenvalue weighted by Crippen LogP contribution is 2.40. The summed E-state index contributed by atoms with van der Waals surface area (Å²) in [5, 5.41) is 4.98. The molecule has 4 rings (SSSR count). The Labute approximate surface area is 183 Å². The van der Waals surface area contributed by atoms with Gasteiger partial charge in [0.05, 0.1) is 32.6 Å². The minimum absolute atomic E-state index is 0.193. The van der Waals surface area contributed by atoms with Crippen molar-refractivity contribution >= 4 is 40.1 Å². The van der Waals surface area contributed by atoms with Gasteiger partial charge in [-0.05, 0) is 35.7 Å². The molecule has 1 aromatic heterocycles. The van der Waals surface area contributed by atoms with E-state index < -0.39 is 11.8 Å². The molecule has 2 aromatic carbocycles. The van der Waals surface area contributed by atoms with Crippen LogP contribution in [0.2, 0.25) is 0 Å². The second-order valence-corrected chi connectivity index (χ2v) is 7.52. The highest BCUT2D eigenvalue weighted by atomic mass is 32.1. The Morgan fingerprint density at radius 2 is 1.61 bits per heavy atom. The zero-order chi connectivity index (χ0) is 22.0. The quantitative estimate of drug-likeness (QED) is 0.560. The molecule has 0 unspecified atom stereocenters. The lowest BCUT2D eigenvalue weighted by Gasteiger charge is -2.19. The number of hydrogen-bond acceptors (Lipinski definition) is 7. The van der Waals surface area contributed by atoms with E-state index >= 15 is 0 Å². The first kappa shape index (κ1) is 20.5. The molecule has 2 heterocycles. The van der Waals surface area contributed by atoms with Gasteiger partial charge in [-0.2, -0.15) is 0 Å². The first-order chi connectivity index (χ1) is 15.1. The number of carbonyl (C=O) groups is 2. The number of thiophene rings is 1. The van der Waals surface area contributed by atoms with Crippen LogP contribution in [-0.2, 0) is 9.59 Å². The van der Waals surface area contributed by atoms with E-state index in [9.17, 15) is 9.59 Å². The van der Waals surface area contributed by atoms with Crippen LogP contribution in [0.3, 0.4) is 0 Å². The Bertz CT molecular complexity index is 1170. The van der Waals surface area contributed by atoms with Crippen molar-refractivity contribution in [1.82, 2.24) is 0 Å². The van der Waals surface area contributed by atoms with Crippen LogP contribution in [0.25, 0.3) is 5.57 Å². The number of nitrogens with zero attached hydrogens (tertiary/aromatic N) is 1. The molecule has 8 heteroatoms. The van der Waals surface area contributed by atoms with Crippen LogP contribution in [0.4, 0.5) is 11.4 Å². The van der Waals surface area contributed by atoms with Gasteiger partial charge in [0.15, 0.2) is 0 Å². The molecule has 0 bridgehead atoms. The number of imide groups is 1. The van der Waals surface area contributed by atoms with Crippen LogP contribution in [0.1, 0.15) is 4.88 Å². The predicted octanol–water partition coefficient (Wildman–Crippen LogP) is 4.17. The van der Waals surface area contributed by atoms with Gasteiger partial charge in [0.2, 0.25) is 0 Å². The summed E-state index contributed by atoms with van der Waals surface area (Å²) < 4.78 is 15.9. The van der Waals surface area contributed by atoms with E-state index in [2.05, 4.69) is 5.32 Å². The highest BCUT2D eigenvalue weighted by molar-refractivity contribution is 7.11. The van der Waals surface area contributed by atoms with Crippen LogP contribution >= 0.6 is 11.3 Å². The summed E-state index contributed by atoms with van der Waals surface area (Å²) >= 11 is 1.39. The third-order valence-corrected chi connectivity index (χ3v) is 5.71. The minimum Gasteiger partial charge on any atom is -0.497 e. The lowest BCUT2D eigenvalue weighted by molar-refractivity contribution is -0.120. The summed E-state index contributed by atoms with van der Waals surface area (Å²) in [6.07, 6.45) is 0. The summed E-state index contributed by atoms with van der Waals surface area (Å²) in [6.45, 7) is 0. The smallest absolute Gasteiger partial charge is 0.282 e. The molecule has 0 spiro atoms. The van der Waals surface area contributed by atoms with Crippen LogP contribution in [0.5, 0.6) is 17.2 Å². The maximum absolute atomic E-state index is 13.5. The number of ether oxygens (including phenoxy) is 3. The average Bonchev–Trinajstić information content (AvgIpc) is 3.40. The molecule has 158 valence electrons. The Hall–Kier alpha value is -3.78. The predicted molar refractivity (Wildman–Crippen MR) is 120 cm³/mol. The number of benzene rings is 2. The van der Waals surface area contributed by atoms with Gasteiger partial charge in [-0.1, -0.05) is 12.1 Å². The van der Waals surface area contributed by atoms with Gasteiger partial charge in [0.1, 0.15) is 22.9 Å². The third kappa shape index (κ3) is 3.73. The van der Waals surface area contributed by atoms with E-state index in [-0.39, 0.29) is 5.70 Å². The topological polar surface area (TPSA) is 77.1 Å². The molecular weight excluding hydrogens is 416 g/mol. The standard InChI is InChI=1S/C23H20N2O5S/c1-28-15-7-4-6-14(12-15)24-21-20(19-8-5-11-31-19)22(26)25(23(21)27)17-10-9-16(29-2)13-18(17)30-3/h4-13,24H,1-3H3. The molecular formula is C23H20N2O5S. The molecule has 1 aliphatic rings. The molecule has 2 amide bonds. The monoisotopic (exact) mass is 436 g/mol. The first-order valence-electron chi connectivity index (χ1n) is 9.37. The van der Waals surface area contributed by atoms with Crippen LogP contribution < -0.4 is 24.4 Å². The lowest BCUT2D eigenvalue weighted by Crippen LogP contribution is -2.32. The fraction of sp³-hybridized carbons (Fsp3) is 0.130. The molecule has 0 radical (unpaired) electrons. The van der Waals surface area contributed by atoms with Gasteiger partial charge in [0.25, 0.3) is 11.8 Å². The maximum Gasteiger partial charge on any atom is 0.282 e. The third-order valence-electron chi connectivity index (χ3n) is 4.82. The van der Waals surface area contributed by atoms with Gasteiger partial charge in [-0.3, -0.25) is 9.59 Å². The second-order valence-electron chi connectivity index (χ2n) is 6.57. The molecule has 0 saturated carbocycles. The van der Waals surface area contributed by atoms with Crippen LogP contribution in [-0.4, -0.2) is 33.1 Å². The SMILES string of the molecule is COc1cccc(NC2=C(c3cccs3)C(=O)N(c3ccc(OC)cc3OC)C2=O)c1. The van der Waals surface area contributed by atoms with Gasteiger partial charge < -0.3 is 19.5 Å². The second kappa shape index (κ2) is 8.53. The zero-order valence-corrected chi connectivity index (χ0v) is 18.0. The molecule has 1 N–H and O–H groups in total. The van der Waals surface area contributed by atoms with E-state index in [1.165, 1.54) is 25.6 Å². The van der Waals surface area contributed by atoms with Crippen molar-refractivity contribution in [2.75, 3.05) is 31.5 Å². The fourth-order valence-corrected chi connectivity index (χ4v) is 4.10. The zero-order valence-electron chi connectivity index (χ0n) is 17.2. The maximum atomic E-state index is 13.5. The summed E-state index contributed by atoms with van der Waals surface area (Å²) in [6, 6.07) is 15.8. The van der Waals surface area contributed by atoms with Gasteiger partial charge in [-0.25, -0.2) is 4.90 Å². The van der Waals surface area contributed by atoms with E-state index in [1.54, 1.807) is 49.6 Å². The number of rotatable bonds is 7. The van der Waals surface area contributed by atoms with E-state index in [0.29, 0.717) is 39.1 Å². The van der Waals surface area contributed by atoms with Crippen molar-refractivity contribution in [3.63, 3.8) is 0 Å². The van der Waals surface area contributed by atoms with Crippen molar-refractivity contribution < 1.29 is 23.8 Å². The number of methoxy groups -OCH3 is 3. The molecule has 31 heavy (non-hydrogen) atoms. The van der Waals surface area contributed by atoms with Gasteiger partial charge in [-0.15, -0.1) is 11.3 Å². The summed E-state index contributed by atoms with van der Waals surface area (Å²) in [7, 11) is 4.58. The fourth-order valence-electron chi connectivity index (χ4n) is 3.33. The Balaban J connectivity index is 1.80. The molecule has 0 saturated heterocycles. The van der Waals surface area contributed by atoms with Gasteiger partial charge >= 0.3 is 0 Å². The lowest BCUT2D eigenvalue weighted by atomic mass is 10.2. The van der Waals surface area contributed by atoms with Crippen molar-refractivity contribution in [2.24, 2.45) is 0 Å². The van der Waals surface area contributed by atoms with Crippen LogP contribution in [0.15, 0.2) is 65.7 Å². The summed E-state index contributed by atoms with van der Waals surface area (Å²) in [5.74, 6) is 0.643. The van der Waals surface area contributed by atoms with Crippen molar-refractivity contribution in [3.8, 4) is 17.2 Å². The number of carbonyl (C=O) groups excluding carboxylic acids is 2. The number of nitrogens with one attached hydrogen (secondary N) is 1. The van der Waals surface area contributed by atoms with Crippen molar-refractivity contribution in [2.45, 2.75) is 0 Å². The Morgan fingerprint density at radius 1 is 0.839 bits per heavy atom.